The number of hydrogen-bond acceptors (Lipinski definition) is 4. The molecule has 33 heavy (non-hydrogen) atoms. The van der Waals surface area contributed by atoms with Gasteiger partial charge in [-0.25, -0.2) is 0 Å². The van der Waals surface area contributed by atoms with Gasteiger partial charge in [-0.15, -0.1) is 0 Å². The van der Waals surface area contributed by atoms with Gasteiger partial charge in [0.25, 0.3) is 0 Å². The first-order valence-corrected chi connectivity index (χ1v) is 10.5. The quantitative estimate of drug-likeness (QED) is 0.502. The van der Waals surface area contributed by atoms with Gasteiger partial charge in [0.2, 0.25) is 0 Å². The number of carbonyl (C=O) groups excluding carboxylic acids is 1. The molecule has 0 atom stereocenters. The standard InChI is InChI=1S/C29H19N3O/c30-18-23-10-6-21(7-11-23)14-25-16-29(20-32,27-4-2-1-3-5-27)17-26(28(25)33)15-22-8-12-24(19-31)13-9-22/h1-15H,16-17H2. The van der Waals surface area contributed by atoms with Crippen LogP contribution >= 0.6 is 0 Å². The second-order valence-corrected chi connectivity index (χ2v) is 8.05. The van der Waals surface area contributed by atoms with E-state index in [4.69, 9.17) is 10.5 Å². The Balaban J connectivity index is 1.82. The summed E-state index contributed by atoms with van der Waals surface area (Å²) in [6.07, 6.45) is 4.22. The van der Waals surface area contributed by atoms with Crippen molar-refractivity contribution >= 4 is 17.9 Å². The zero-order valence-corrected chi connectivity index (χ0v) is 17.8. The second kappa shape index (κ2) is 9.19. The molecule has 0 N–H and O–H groups in total. The number of hydrogen-bond donors (Lipinski definition) is 0. The minimum absolute atomic E-state index is 0.0921. The van der Waals surface area contributed by atoms with Crippen LogP contribution in [0.25, 0.3) is 12.2 Å². The van der Waals surface area contributed by atoms with Crippen LogP contribution in [0, 0.1) is 34.0 Å². The molecule has 0 unspecified atom stereocenters. The zero-order chi connectivity index (χ0) is 23.3. The molecule has 3 aromatic rings. The maximum absolute atomic E-state index is 13.5. The molecule has 0 aromatic heterocycles. The normalized spacial score (nSPS) is 20.1. The van der Waals surface area contributed by atoms with Gasteiger partial charge >= 0.3 is 0 Å². The van der Waals surface area contributed by atoms with Crippen molar-refractivity contribution in [3.63, 3.8) is 0 Å². The average molecular weight is 425 g/mol. The van der Waals surface area contributed by atoms with Gasteiger partial charge in [-0.3, -0.25) is 4.79 Å². The topological polar surface area (TPSA) is 88.4 Å². The number of rotatable bonds is 3. The van der Waals surface area contributed by atoms with Crippen LogP contribution in [0.5, 0.6) is 0 Å². The van der Waals surface area contributed by atoms with E-state index in [2.05, 4.69) is 18.2 Å². The van der Waals surface area contributed by atoms with Crippen LogP contribution in [0.4, 0.5) is 0 Å². The number of Topliss-reactive ketones (excluding diaryl/α,β-unsaturated/α-hetero) is 1. The smallest absolute Gasteiger partial charge is 0.185 e. The number of allylic oxidation sites excluding steroid dienone is 2. The van der Waals surface area contributed by atoms with Crippen LogP contribution in [0.3, 0.4) is 0 Å². The molecular formula is C29H19N3O. The Morgan fingerprint density at radius 1 is 0.667 bits per heavy atom. The predicted molar refractivity (Wildman–Crippen MR) is 126 cm³/mol. The molecule has 3 aromatic carbocycles. The maximum Gasteiger partial charge on any atom is 0.185 e. The van der Waals surface area contributed by atoms with Gasteiger partial charge in [-0.1, -0.05) is 54.6 Å². The first-order valence-electron chi connectivity index (χ1n) is 10.5. The third-order valence-corrected chi connectivity index (χ3v) is 5.87. The predicted octanol–water partition coefficient (Wildman–Crippen LogP) is 5.72. The van der Waals surface area contributed by atoms with Gasteiger partial charge in [0, 0.05) is 11.1 Å². The lowest BCUT2D eigenvalue weighted by atomic mass is 9.66. The fraction of sp³-hybridized carbons (Fsp3) is 0.103. The summed E-state index contributed by atoms with van der Waals surface area (Å²) < 4.78 is 0. The lowest BCUT2D eigenvalue weighted by Gasteiger charge is -2.33. The van der Waals surface area contributed by atoms with Gasteiger partial charge in [-0.2, -0.15) is 15.8 Å². The Bertz CT molecular complexity index is 1300. The summed E-state index contributed by atoms with van der Waals surface area (Å²) in [6, 6.07) is 30.3. The monoisotopic (exact) mass is 425 g/mol. The Hall–Kier alpha value is -4.72. The van der Waals surface area contributed by atoms with Crippen LogP contribution in [0.1, 0.15) is 40.7 Å². The van der Waals surface area contributed by atoms with E-state index in [1.807, 2.05) is 42.5 Å². The second-order valence-electron chi connectivity index (χ2n) is 8.05. The van der Waals surface area contributed by atoms with Crippen molar-refractivity contribution in [3.8, 4) is 18.2 Å². The maximum atomic E-state index is 13.5. The summed E-state index contributed by atoms with van der Waals surface area (Å²) in [5.74, 6) is -0.0921. The lowest BCUT2D eigenvalue weighted by molar-refractivity contribution is -0.113. The Kier molecular flexibility index (Phi) is 5.99. The molecule has 0 amide bonds. The number of benzene rings is 3. The molecular weight excluding hydrogens is 406 g/mol. The van der Waals surface area contributed by atoms with Crippen LogP contribution in [-0.4, -0.2) is 5.78 Å². The van der Waals surface area contributed by atoms with Crippen molar-refractivity contribution in [2.45, 2.75) is 18.3 Å². The summed E-state index contributed by atoms with van der Waals surface area (Å²) in [5, 5.41) is 28.4. The molecule has 0 spiro atoms. The molecule has 0 heterocycles. The molecule has 0 radical (unpaired) electrons. The number of ketones is 1. The molecule has 1 aliphatic carbocycles. The zero-order valence-electron chi connectivity index (χ0n) is 17.8. The first-order chi connectivity index (χ1) is 16.1. The van der Waals surface area contributed by atoms with Gasteiger partial charge in [-0.05, 0) is 65.9 Å². The average Bonchev–Trinajstić information content (AvgIpc) is 2.88. The van der Waals surface area contributed by atoms with E-state index in [9.17, 15) is 10.1 Å². The third-order valence-electron chi connectivity index (χ3n) is 5.87. The summed E-state index contributed by atoms with van der Waals surface area (Å²) in [4.78, 5) is 13.5. The molecule has 4 nitrogen and oxygen atoms in total. The molecule has 1 fully saturated rings. The molecule has 0 saturated heterocycles. The Morgan fingerprint density at radius 3 is 1.52 bits per heavy atom. The molecule has 156 valence electrons. The highest BCUT2D eigenvalue weighted by Gasteiger charge is 2.41. The van der Waals surface area contributed by atoms with Gasteiger partial charge in [0.1, 0.15) is 0 Å². The minimum atomic E-state index is -0.869. The van der Waals surface area contributed by atoms with E-state index >= 15 is 0 Å². The van der Waals surface area contributed by atoms with Gasteiger partial charge in [0.05, 0.1) is 34.7 Å². The van der Waals surface area contributed by atoms with Gasteiger partial charge < -0.3 is 0 Å². The number of carbonyl (C=O) groups is 1. The van der Waals surface area contributed by atoms with Crippen molar-refractivity contribution in [2.24, 2.45) is 0 Å². The summed E-state index contributed by atoms with van der Waals surface area (Å²) >= 11 is 0. The molecule has 1 aliphatic rings. The molecule has 0 bridgehead atoms. The van der Waals surface area contributed by atoms with E-state index in [-0.39, 0.29) is 5.78 Å². The Labute approximate surface area is 193 Å². The van der Waals surface area contributed by atoms with Crippen molar-refractivity contribution in [1.29, 1.82) is 15.8 Å². The van der Waals surface area contributed by atoms with Gasteiger partial charge in [0.15, 0.2) is 5.78 Å². The van der Waals surface area contributed by atoms with Crippen molar-refractivity contribution in [1.82, 2.24) is 0 Å². The third kappa shape index (κ3) is 4.49. The van der Waals surface area contributed by atoms with E-state index in [1.54, 1.807) is 48.5 Å². The summed E-state index contributed by atoms with van der Waals surface area (Å²) in [6.45, 7) is 0. The minimum Gasteiger partial charge on any atom is -0.289 e. The fourth-order valence-corrected chi connectivity index (χ4v) is 4.13. The van der Waals surface area contributed by atoms with Crippen LogP contribution < -0.4 is 0 Å². The highest BCUT2D eigenvalue weighted by molar-refractivity contribution is 6.14. The SMILES string of the molecule is N#Cc1ccc(C=C2CC(C#N)(c3ccccc3)CC(=Cc3ccc(C#N)cc3)C2=O)cc1. The lowest BCUT2D eigenvalue weighted by Crippen LogP contribution is -2.33. The largest absolute Gasteiger partial charge is 0.289 e. The molecule has 1 saturated carbocycles. The number of nitriles is 3. The van der Waals surface area contributed by atoms with Crippen LogP contribution in [0.2, 0.25) is 0 Å². The molecule has 4 rings (SSSR count). The Morgan fingerprint density at radius 2 is 1.12 bits per heavy atom. The van der Waals surface area contributed by atoms with Crippen molar-refractivity contribution in [2.75, 3.05) is 0 Å². The van der Waals surface area contributed by atoms with Crippen LogP contribution in [0.15, 0.2) is 90.0 Å². The van der Waals surface area contributed by atoms with Crippen LogP contribution in [-0.2, 0) is 10.2 Å². The first kappa shape index (κ1) is 21.5. The van der Waals surface area contributed by atoms with E-state index in [1.165, 1.54) is 0 Å². The highest BCUT2D eigenvalue weighted by Crippen LogP contribution is 2.43. The van der Waals surface area contributed by atoms with E-state index in [0.717, 1.165) is 16.7 Å². The molecule has 0 aliphatic heterocycles. The summed E-state index contributed by atoms with van der Waals surface area (Å²) in [5.41, 5.74) is 3.80. The number of nitrogens with zero attached hydrogens (tertiary/aromatic N) is 3. The van der Waals surface area contributed by atoms with E-state index < -0.39 is 5.41 Å². The summed E-state index contributed by atoms with van der Waals surface area (Å²) in [7, 11) is 0. The van der Waals surface area contributed by atoms with Crippen molar-refractivity contribution in [3.05, 3.63) is 118 Å². The molecule has 4 heteroatoms. The highest BCUT2D eigenvalue weighted by atomic mass is 16.1. The fourth-order valence-electron chi connectivity index (χ4n) is 4.13. The van der Waals surface area contributed by atoms with Crippen molar-refractivity contribution < 1.29 is 4.79 Å². The van der Waals surface area contributed by atoms with E-state index in [0.29, 0.717) is 35.1 Å².